The second-order valence-corrected chi connectivity index (χ2v) is 25.5. The number of aromatic nitrogens is 2. The van der Waals surface area contributed by atoms with Crippen molar-refractivity contribution in [3.05, 3.63) is 300 Å². The molecule has 0 amide bonds. The zero-order chi connectivity index (χ0) is 58.1. The third-order valence-electron chi connectivity index (χ3n) is 18.4. The van der Waals surface area contributed by atoms with Gasteiger partial charge in [-0.1, -0.05) is 230 Å². The van der Waals surface area contributed by atoms with Crippen LogP contribution in [0.25, 0.3) is 83.3 Å². The van der Waals surface area contributed by atoms with Crippen molar-refractivity contribution in [2.24, 2.45) is 0 Å². The molecule has 5 heteroatoms. The van der Waals surface area contributed by atoms with E-state index in [4.69, 9.17) is 9.72 Å². The second-order valence-electron chi connectivity index (χ2n) is 25.5. The van der Waals surface area contributed by atoms with Gasteiger partial charge in [-0.05, 0) is 149 Å². The van der Waals surface area contributed by atoms with Crippen LogP contribution in [0.1, 0.15) is 74.9 Å². The summed E-state index contributed by atoms with van der Waals surface area (Å²) in [7, 11) is 0. The van der Waals surface area contributed by atoms with Gasteiger partial charge in [0.1, 0.15) is 24.0 Å². The molecule has 11 aromatic carbocycles. The second kappa shape index (κ2) is 19.4. The first kappa shape index (κ1) is 51.4. The van der Waals surface area contributed by atoms with Gasteiger partial charge in [0.2, 0.25) is 0 Å². The molecular weight excluding hydrogens is 1040 g/mol. The molecule has 2 aromatic heterocycles. The quantitative estimate of drug-likeness (QED) is 0.152. The highest BCUT2D eigenvalue weighted by molar-refractivity contribution is 6.16. The van der Waals surface area contributed by atoms with Crippen LogP contribution in [0, 0.1) is 0 Å². The highest BCUT2D eigenvalue weighted by atomic mass is 16.5. The van der Waals surface area contributed by atoms with E-state index in [0.29, 0.717) is 6.67 Å². The maximum atomic E-state index is 7.15. The summed E-state index contributed by atoms with van der Waals surface area (Å²) in [6.07, 6.45) is 1.97. The van der Waals surface area contributed by atoms with Gasteiger partial charge in [-0.25, -0.2) is 4.98 Å². The molecule has 0 saturated heterocycles. The normalized spacial score (nSPS) is 13.7. The van der Waals surface area contributed by atoms with Crippen LogP contribution in [0.15, 0.2) is 267 Å². The summed E-state index contributed by atoms with van der Waals surface area (Å²) in [5.41, 5.74) is 26.0. The van der Waals surface area contributed by atoms with E-state index in [-0.39, 0.29) is 10.8 Å². The number of fused-ring (bicyclic) bond motifs is 15. The van der Waals surface area contributed by atoms with Crippen molar-refractivity contribution in [2.75, 3.05) is 16.5 Å². The van der Waals surface area contributed by atoms with Crippen LogP contribution in [0.4, 0.5) is 22.7 Å². The number of hydrogen-bond acceptors (Lipinski definition) is 4. The molecule has 0 unspecified atom stereocenters. The van der Waals surface area contributed by atoms with Crippen LogP contribution < -0.4 is 14.5 Å². The van der Waals surface area contributed by atoms with Gasteiger partial charge in [0.05, 0.1) is 33.5 Å². The lowest BCUT2D eigenvalue weighted by Crippen LogP contribution is -2.26. The molecular formula is C81H64N4O. The van der Waals surface area contributed by atoms with Gasteiger partial charge in [-0.3, -0.25) is 4.57 Å². The van der Waals surface area contributed by atoms with E-state index in [0.717, 1.165) is 50.8 Å². The minimum absolute atomic E-state index is 0.0197. The van der Waals surface area contributed by atoms with E-state index in [1.54, 1.807) is 0 Å². The third-order valence-corrected chi connectivity index (χ3v) is 18.4. The number of hydrogen-bond donors (Lipinski definition) is 0. The Hall–Kier alpha value is -10.2. The Morgan fingerprint density at radius 3 is 1.64 bits per heavy atom. The maximum Gasteiger partial charge on any atom is 0.137 e. The van der Waals surface area contributed by atoms with Crippen LogP contribution in [0.5, 0.6) is 11.5 Å². The summed E-state index contributed by atoms with van der Waals surface area (Å²) in [5, 5.41) is 2.38. The standard InChI is InChI=1S/C81H64N4O/c1-79(2,3)56-27-19-26-55(47-56)62-34-21-33-61(54-25-18-24-53(46-54)52-22-8-7-9-23-52)78(62)84-51-83(71-38-16-17-39-72(71)84)58-28-20-29-59(49-58)86-60-40-41-67-74(50-60)85(75-48-57(44-45-82-75)80(4,5)6)73-43-42-66-65-32-12-15-37-70(65)81(77(66)76(67)73)68-35-13-10-30-63(68)64-31-11-14-36-69(64)81/h7-50H,51H2,1-6H3. The van der Waals surface area contributed by atoms with Crippen LogP contribution in [0.3, 0.4) is 0 Å². The van der Waals surface area contributed by atoms with E-state index in [1.807, 2.05) is 6.20 Å². The topological polar surface area (TPSA) is 33.5 Å². The summed E-state index contributed by atoms with van der Waals surface area (Å²) in [6, 6.07) is 96.1. The number of para-hydroxylation sites is 3. The predicted molar refractivity (Wildman–Crippen MR) is 357 cm³/mol. The average Bonchev–Trinajstić information content (AvgIpc) is 1.52. The van der Waals surface area contributed by atoms with Gasteiger partial charge in [-0.15, -0.1) is 0 Å². The summed E-state index contributed by atoms with van der Waals surface area (Å²) in [6.45, 7) is 14.3. The Kier molecular flexibility index (Phi) is 11.6. The van der Waals surface area contributed by atoms with Gasteiger partial charge in [-0.2, -0.15) is 0 Å². The fourth-order valence-electron chi connectivity index (χ4n) is 14.4. The minimum Gasteiger partial charge on any atom is -0.457 e. The molecule has 13 aromatic rings. The molecule has 0 bridgehead atoms. The Morgan fingerprint density at radius 2 is 0.942 bits per heavy atom. The van der Waals surface area contributed by atoms with E-state index in [1.165, 1.54) is 100 Å². The molecule has 0 saturated carbocycles. The van der Waals surface area contributed by atoms with Crippen molar-refractivity contribution in [3.63, 3.8) is 0 Å². The van der Waals surface area contributed by atoms with Gasteiger partial charge < -0.3 is 14.5 Å². The Morgan fingerprint density at radius 1 is 0.395 bits per heavy atom. The molecule has 5 nitrogen and oxygen atoms in total. The van der Waals surface area contributed by atoms with Crippen LogP contribution >= 0.6 is 0 Å². The maximum absolute atomic E-state index is 7.15. The highest BCUT2D eigenvalue weighted by Crippen LogP contribution is 2.65. The molecule has 414 valence electrons. The molecule has 16 rings (SSSR count). The smallest absolute Gasteiger partial charge is 0.137 e. The summed E-state index contributed by atoms with van der Waals surface area (Å²) in [4.78, 5) is 10.1. The SMILES string of the molecule is CC(C)(C)c1cccc(-c2cccc(-c3cccc(-c4ccccc4)c3)c2N2CN(c3cccc(Oc4ccc5c6c7c(ccc6n(-c6cc(C(C)(C)C)ccn6)c5c4)-c4ccccc4C74c5ccccc5-c5ccccc54)c3)c3ccccc32)c1. The molecule has 0 atom stereocenters. The third kappa shape index (κ3) is 7.94. The van der Waals surface area contributed by atoms with Gasteiger partial charge >= 0.3 is 0 Å². The predicted octanol–water partition coefficient (Wildman–Crippen LogP) is 21.2. The summed E-state index contributed by atoms with van der Waals surface area (Å²) < 4.78 is 9.53. The number of benzene rings is 11. The Balaban J connectivity index is 0.830. The van der Waals surface area contributed by atoms with E-state index < -0.39 is 5.41 Å². The zero-order valence-corrected chi connectivity index (χ0v) is 49.3. The number of rotatable bonds is 8. The van der Waals surface area contributed by atoms with E-state index in [2.05, 4.69) is 317 Å². The van der Waals surface area contributed by atoms with Crippen LogP contribution in [0.2, 0.25) is 0 Å². The monoisotopic (exact) mass is 1110 g/mol. The highest BCUT2D eigenvalue weighted by Gasteiger charge is 2.53. The van der Waals surface area contributed by atoms with Gasteiger partial charge in [0, 0.05) is 45.9 Å². The fourth-order valence-corrected chi connectivity index (χ4v) is 14.4. The average molecular weight is 1110 g/mol. The molecule has 2 aliphatic carbocycles. The number of anilines is 4. The van der Waals surface area contributed by atoms with E-state index >= 15 is 0 Å². The van der Waals surface area contributed by atoms with Crippen molar-refractivity contribution in [1.82, 2.24) is 9.55 Å². The van der Waals surface area contributed by atoms with Crippen LogP contribution in [-0.2, 0) is 16.2 Å². The minimum atomic E-state index is -0.535. The number of nitrogens with zero attached hydrogens (tertiary/aromatic N) is 4. The van der Waals surface area contributed by atoms with E-state index in [9.17, 15) is 0 Å². The summed E-state index contributed by atoms with van der Waals surface area (Å²) in [5.74, 6) is 2.37. The van der Waals surface area contributed by atoms with Crippen molar-refractivity contribution >= 4 is 44.6 Å². The molecule has 0 radical (unpaired) electrons. The number of pyridine rings is 1. The van der Waals surface area contributed by atoms with Crippen LogP contribution in [-0.4, -0.2) is 16.2 Å². The lowest BCUT2D eigenvalue weighted by atomic mass is 9.69. The first-order chi connectivity index (χ1) is 41.9. The Labute approximate surface area is 503 Å². The molecule has 0 fully saturated rings. The zero-order valence-electron chi connectivity index (χ0n) is 49.3. The first-order valence-corrected chi connectivity index (χ1v) is 30.1. The summed E-state index contributed by atoms with van der Waals surface area (Å²) >= 11 is 0. The first-order valence-electron chi connectivity index (χ1n) is 30.1. The lowest BCUT2D eigenvalue weighted by molar-refractivity contribution is 0.483. The van der Waals surface area contributed by atoms with Gasteiger partial charge in [0.15, 0.2) is 0 Å². The molecule has 1 spiro atoms. The lowest BCUT2D eigenvalue weighted by Gasteiger charge is -2.31. The molecule has 1 aliphatic heterocycles. The Bertz CT molecular complexity index is 4820. The number of ether oxygens (including phenoxy) is 1. The fraction of sp³-hybridized carbons (Fsp3) is 0.123. The van der Waals surface area contributed by atoms with Gasteiger partial charge in [0.25, 0.3) is 0 Å². The van der Waals surface area contributed by atoms with Crippen molar-refractivity contribution in [2.45, 2.75) is 57.8 Å². The molecule has 86 heavy (non-hydrogen) atoms. The molecule has 3 aliphatic rings. The molecule has 0 N–H and O–H groups in total. The van der Waals surface area contributed by atoms with Crippen molar-refractivity contribution in [3.8, 4) is 73.0 Å². The van der Waals surface area contributed by atoms with Crippen molar-refractivity contribution in [1.29, 1.82) is 0 Å². The largest absolute Gasteiger partial charge is 0.457 e. The molecule has 3 heterocycles. The van der Waals surface area contributed by atoms with Crippen molar-refractivity contribution < 1.29 is 4.74 Å².